The van der Waals surface area contributed by atoms with Crippen LogP contribution in [0.1, 0.15) is 0 Å². The lowest BCUT2D eigenvalue weighted by Gasteiger charge is -2.16. The fourth-order valence-electron chi connectivity index (χ4n) is 9.48. The van der Waals surface area contributed by atoms with Crippen LogP contribution >= 0.6 is 0 Å². The summed E-state index contributed by atoms with van der Waals surface area (Å²) in [6.07, 6.45) is 1.91. The van der Waals surface area contributed by atoms with Crippen LogP contribution in [0.4, 0.5) is 0 Å². The van der Waals surface area contributed by atoms with Crippen molar-refractivity contribution in [2.45, 2.75) is 0 Å². The van der Waals surface area contributed by atoms with Crippen LogP contribution in [0.2, 0.25) is 0 Å². The van der Waals surface area contributed by atoms with Gasteiger partial charge in [0, 0.05) is 44.9 Å². The maximum absolute atomic E-state index is 11.5. The number of aromatic nitrogens is 4. The van der Waals surface area contributed by atoms with E-state index in [1.165, 1.54) is 11.1 Å². The number of imidazole rings is 1. The molecule has 12 rings (SSSR count). The topological polar surface area (TPSA) is 55.9 Å². The number of para-hydroxylation sites is 5. The summed E-state index contributed by atoms with van der Waals surface area (Å²) in [5, 5.41) is 13.7. The van der Waals surface area contributed by atoms with Gasteiger partial charge in [0.15, 0.2) is 0 Å². The van der Waals surface area contributed by atoms with E-state index in [9.17, 15) is 5.11 Å². The third-order valence-corrected chi connectivity index (χ3v) is 12.5. The van der Waals surface area contributed by atoms with Crippen molar-refractivity contribution in [1.29, 1.82) is 0 Å². The largest absolute Gasteiger partial charge is 0.507 e. The molecule has 12 aromatic rings. The van der Waals surface area contributed by atoms with Crippen molar-refractivity contribution in [3.05, 3.63) is 237 Å². The zero-order valence-corrected chi connectivity index (χ0v) is 35.3. The summed E-state index contributed by atoms with van der Waals surface area (Å²) >= 11 is 0. The summed E-state index contributed by atoms with van der Waals surface area (Å²) in [7, 11) is 0. The van der Waals surface area contributed by atoms with Gasteiger partial charge in [0.2, 0.25) is 0 Å². The van der Waals surface area contributed by atoms with Crippen molar-refractivity contribution < 1.29 is 5.11 Å². The van der Waals surface area contributed by atoms with E-state index in [1.54, 1.807) is 6.07 Å². The molecule has 1 N–H and O–H groups in total. The summed E-state index contributed by atoms with van der Waals surface area (Å²) in [5.41, 5.74) is 17.2. The molecular weight excluding hydrogens is 793 g/mol. The fourth-order valence-corrected chi connectivity index (χ4v) is 9.48. The van der Waals surface area contributed by atoms with Gasteiger partial charge in [0.25, 0.3) is 0 Å². The lowest BCUT2D eigenvalue weighted by molar-refractivity contribution is 0.477. The Morgan fingerprint density at radius 1 is 0.369 bits per heavy atom. The number of aromatic hydroxyl groups is 1. The molecule has 0 spiro atoms. The van der Waals surface area contributed by atoms with Gasteiger partial charge < -0.3 is 9.67 Å². The predicted octanol–water partition coefficient (Wildman–Crippen LogP) is 15.2. The van der Waals surface area contributed by atoms with Gasteiger partial charge in [-0.15, -0.1) is 0 Å². The van der Waals surface area contributed by atoms with Gasteiger partial charge in [-0.2, -0.15) is 0 Å². The number of phenolic OH excluding ortho intramolecular Hbond substituents is 1. The first kappa shape index (κ1) is 37.9. The number of nitrogens with zero attached hydrogens (tertiary/aromatic N) is 4. The van der Waals surface area contributed by atoms with Gasteiger partial charge in [0.05, 0.1) is 39.0 Å². The second-order valence-electron chi connectivity index (χ2n) is 16.3. The summed E-state index contributed by atoms with van der Waals surface area (Å²) in [4.78, 5) is 10.6. The molecule has 306 valence electrons. The van der Waals surface area contributed by atoms with E-state index in [2.05, 4.69) is 203 Å². The smallest absolute Gasteiger partial charge is 0.149 e. The molecule has 0 amide bonds. The number of phenols is 1. The van der Waals surface area contributed by atoms with Crippen LogP contribution in [0.5, 0.6) is 5.75 Å². The number of hydrogen-bond acceptors (Lipinski definition) is 3. The molecule has 0 aliphatic carbocycles. The third-order valence-electron chi connectivity index (χ3n) is 12.5. The summed E-state index contributed by atoms with van der Waals surface area (Å²) in [5.74, 6) is 0.814. The number of pyridine rings is 1. The second kappa shape index (κ2) is 15.8. The maximum Gasteiger partial charge on any atom is 0.149 e. The van der Waals surface area contributed by atoms with Crippen molar-refractivity contribution >= 4 is 32.8 Å². The van der Waals surface area contributed by atoms with Crippen molar-refractivity contribution in [1.82, 2.24) is 19.1 Å². The molecule has 0 fully saturated rings. The quantitative estimate of drug-likeness (QED) is 0.166. The number of rotatable bonds is 8. The molecule has 3 aromatic heterocycles. The average Bonchev–Trinajstić information content (AvgIpc) is 3.94. The van der Waals surface area contributed by atoms with Crippen LogP contribution in [0.25, 0.3) is 111 Å². The monoisotopic (exact) mass is 832 g/mol. The molecule has 5 nitrogen and oxygen atoms in total. The first-order chi connectivity index (χ1) is 32.2. The van der Waals surface area contributed by atoms with Crippen LogP contribution in [0.15, 0.2) is 237 Å². The van der Waals surface area contributed by atoms with Gasteiger partial charge in [-0.1, -0.05) is 164 Å². The van der Waals surface area contributed by atoms with Crippen molar-refractivity contribution in [2.24, 2.45) is 0 Å². The first-order valence-corrected chi connectivity index (χ1v) is 21.9. The first-order valence-electron chi connectivity index (χ1n) is 21.9. The van der Waals surface area contributed by atoms with E-state index in [-0.39, 0.29) is 5.75 Å². The summed E-state index contributed by atoms with van der Waals surface area (Å²) < 4.78 is 4.59. The highest BCUT2D eigenvalue weighted by Crippen LogP contribution is 2.45. The van der Waals surface area contributed by atoms with Crippen molar-refractivity contribution in [3.63, 3.8) is 0 Å². The molecule has 0 aliphatic rings. The number of fused-ring (bicyclic) bond motifs is 4. The molecule has 0 aliphatic heterocycles. The van der Waals surface area contributed by atoms with E-state index in [4.69, 9.17) is 9.97 Å². The molecule has 0 radical (unpaired) electrons. The molecular formula is C60H40N4O. The van der Waals surface area contributed by atoms with Crippen molar-refractivity contribution in [2.75, 3.05) is 0 Å². The van der Waals surface area contributed by atoms with Gasteiger partial charge >= 0.3 is 0 Å². The Hall–Kier alpha value is -8.80. The maximum atomic E-state index is 11.5. The molecule has 0 saturated heterocycles. The molecule has 0 bridgehead atoms. The molecule has 0 unspecified atom stereocenters. The zero-order chi connectivity index (χ0) is 43.3. The molecule has 65 heavy (non-hydrogen) atoms. The van der Waals surface area contributed by atoms with Gasteiger partial charge in [-0.05, 0) is 94.5 Å². The summed E-state index contributed by atoms with van der Waals surface area (Å²) in [6.45, 7) is 0. The molecule has 0 saturated carbocycles. The third kappa shape index (κ3) is 6.57. The van der Waals surface area contributed by atoms with Gasteiger partial charge in [0.1, 0.15) is 11.6 Å². The van der Waals surface area contributed by atoms with E-state index >= 15 is 0 Å². The van der Waals surface area contributed by atoms with Crippen LogP contribution in [0.3, 0.4) is 0 Å². The number of hydrogen-bond donors (Lipinski definition) is 1. The lowest BCUT2D eigenvalue weighted by Crippen LogP contribution is -2.00. The standard InChI is InChI=1S/C60H40N4O/c65-57-30-15-12-25-50(57)60-62-58-49(26-16-29-56(58)64(60)54-27-13-10-23-47(54)43-19-6-2-7-20-43)52-38-45(37-51-48-24-11-14-28-55(48)63(59(51)52)46-21-8-3-9-22-46)53-39-44(35-36-61-53)42-33-31-41(32-34-42)40-17-4-1-5-18-40/h1-39,65H. The van der Waals surface area contributed by atoms with E-state index in [1.807, 2.05) is 36.5 Å². The second-order valence-corrected chi connectivity index (χ2v) is 16.3. The van der Waals surface area contributed by atoms with Crippen LogP contribution < -0.4 is 0 Å². The zero-order valence-electron chi connectivity index (χ0n) is 35.3. The van der Waals surface area contributed by atoms with Crippen LogP contribution in [-0.2, 0) is 0 Å². The predicted molar refractivity (Wildman–Crippen MR) is 267 cm³/mol. The van der Waals surface area contributed by atoms with Crippen molar-refractivity contribution in [3.8, 4) is 84.3 Å². The molecule has 9 aromatic carbocycles. The summed E-state index contributed by atoms with van der Waals surface area (Å²) in [6, 6.07) is 80.1. The van der Waals surface area contributed by atoms with E-state index in [0.717, 1.165) is 88.9 Å². The van der Waals surface area contributed by atoms with Gasteiger partial charge in [-0.25, -0.2) is 4.98 Å². The Morgan fingerprint density at radius 3 is 1.74 bits per heavy atom. The minimum Gasteiger partial charge on any atom is -0.507 e. The normalized spacial score (nSPS) is 11.4. The number of benzene rings is 9. The van der Waals surface area contributed by atoms with Crippen LogP contribution in [-0.4, -0.2) is 24.2 Å². The highest BCUT2D eigenvalue weighted by molar-refractivity contribution is 6.17. The Bertz CT molecular complexity index is 3700. The Balaban J connectivity index is 1.13. The van der Waals surface area contributed by atoms with E-state index < -0.39 is 0 Å². The van der Waals surface area contributed by atoms with Gasteiger partial charge in [-0.3, -0.25) is 9.55 Å². The SMILES string of the molecule is Oc1ccccc1-c1nc2c(-c3cc(-c4cc(-c5ccc(-c6ccccc6)cc5)ccn4)cc4c5ccccc5n(-c5ccccc5)c34)cccc2n1-c1ccccc1-c1ccccc1. The Labute approximate surface area is 376 Å². The minimum atomic E-state index is 0.164. The average molecular weight is 833 g/mol. The van der Waals surface area contributed by atoms with E-state index in [0.29, 0.717) is 11.4 Å². The Kier molecular flexibility index (Phi) is 9.24. The Morgan fingerprint density at radius 2 is 0.969 bits per heavy atom. The van der Waals surface area contributed by atoms with Crippen LogP contribution in [0, 0.1) is 0 Å². The molecule has 0 atom stereocenters. The highest BCUT2D eigenvalue weighted by atomic mass is 16.3. The molecule has 3 heterocycles. The lowest BCUT2D eigenvalue weighted by atomic mass is 9.95. The highest BCUT2D eigenvalue weighted by Gasteiger charge is 2.25. The fraction of sp³-hybridized carbons (Fsp3) is 0. The minimum absolute atomic E-state index is 0.164. The molecule has 5 heteroatoms.